The van der Waals surface area contributed by atoms with Crippen LogP contribution in [-0.2, 0) is 22.4 Å². The molecular formula is C30H43N9O4. The fourth-order valence-electron chi connectivity index (χ4n) is 4.85. The van der Waals surface area contributed by atoms with Crippen LogP contribution in [-0.4, -0.2) is 58.2 Å². The predicted molar refractivity (Wildman–Crippen MR) is 164 cm³/mol. The number of phenols is 1. The minimum Gasteiger partial charge on any atom is -0.508 e. The summed E-state index contributed by atoms with van der Waals surface area (Å²) in [5.74, 6) is -0.404. The molecule has 11 N–H and O–H groups in total. The molecule has 2 amide bonds. The first-order valence-electron chi connectivity index (χ1n) is 14.4. The molecule has 0 aliphatic heterocycles. The van der Waals surface area contributed by atoms with E-state index in [0.29, 0.717) is 31.6 Å². The Balaban J connectivity index is 1.89. The fourth-order valence-corrected chi connectivity index (χ4v) is 4.85. The van der Waals surface area contributed by atoms with Gasteiger partial charge in [0.05, 0.1) is 0 Å². The van der Waals surface area contributed by atoms with Gasteiger partial charge in [0.15, 0.2) is 11.8 Å². The average Bonchev–Trinajstić information content (AvgIpc) is 3.42. The number of carbonyl (C=O) groups excluding carboxylic acids is 2. The predicted octanol–water partition coefficient (Wildman–Crippen LogP) is 0.987. The van der Waals surface area contributed by atoms with Gasteiger partial charge in [-0.15, -0.1) is 0 Å². The molecule has 232 valence electrons. The van der Waals surface area contributed by atoms with Crippen LogP contribution in [0, 0.1) is 13.8 Å². The van der Waals surface area contributed by atoms with E-state index in [1.165, 1.54) is 0 Å². The lowest BCUT2D eigenvalue weighted by Gasteiger charge is -2.24. The van der Waals surface area contributed by atoms with E-state index in [-0.39, 0.29) is 37.0 Å². The van der Waals surface area contributed by atoms with Gasteiger partial charge in [0, 0.05) is 12.8 Å². The van der Waals surface area contributed by atoms with E-state index in [4.69, 9.17) is 27.5 Å². The molecule has 0 spiro atoms. The van der Waals surface area contributed by atoms with Crippen LogP contribution in [0.2, 0.25) is 0 Å². The van der Waals surface area contributed by atoms with Crippen molar-refractivity contribution in [1.82, 2.24) is 20.8 Å². The Labute approximate surface area is 251 Å². The van der Waals surface area contributed by atoms with Crippen LogP contribution < -0.4 is 33.6 Å². The van der Waals surface area contributed by atoms with Gasteiger partial charge >= 0.3 is 0 Å². The molecule has 2 aromatic carbocycles. The van der Waals surface area contributed by atoms with Crippen molar-refractivity contribution in [3.8, 4) is 5.75 Å². The molecule has 13 heteroatoms. The van der Waals surface area contributed by atoms with E-state index in [0.717, 1.165) is 28.7 Å². The molecule has 0 unspecified atom stereocenters. The SMILES string of the molecule is Cc1cc(O)cc(C)c1C[C@H](NC(=O)[C@@H](CCN)N=C(N)N)C(=O)N[C@H](CCCCN)c1nc(Cc2ccccc2)no1. The highest BCUT2D eigenvalue weighted by atomic mass is 16.5. The van der Waals surface area contributed by atoms with Crippen molar-refractivity contribution in [2.75, 3.05) is 13.1 Å². The molecule has 3 atom stereocenters. The van der Waals surface area contributed by atoms with Crippen molar-refractivity contribution in [2.24, 2.45) is 27.9 Å². The number of aliphatic imine (C=N–C) groups is 1. The van der Waals surface area contributed by atoms with Crippen LogP contribution in [0.15, 0.2) is 52.0 Å². The number of unbranched alkanes of at least 4 members (excludes halogenated alkanes) is 1. The molecule has 1 aromatic heterocycles. The molecule has 0 radical (unpaired) electrons. The summed E-state index contributed by atoms with van der Waals surface area (Å²) in [6, 6.07) is 10.4. The maximum atomic E-state index is 13.9. The van der Waals surface area contributed by atoms with Crippen molar-refractivity contribution < 1.29 is 19.2 Å². The summed E-state index contributed by atoms with van der Waals surface area (Å²) in [5.41, 5.74) is 25.9. The highest BCUT2D eigenvalue weighted by molar-refractivity contribution is 5.91. The van der Waals surface area contributed by atoms with Gasteiger partial charge in [0.25, 0.3) is 0 Å². The summed E-state index contributed by atoms with van der Waals surface area (Å²) >= 11 is 0. The maximum Gasteiger partial charge on any atom is 0.249 e. The van der Waals surface area contributed by atoms with E-state index < -0.39 is 29.9 Å². The minimum absolute atomic E-state index is 0.113. The van der Waals surface area contributed by atoms with Gasteiger partial charge in [-0.05, 0) is 87.0 Å². The number of phenolic OH excluding ortho intramolecular Hbond substituents is 1. The normalized spacial score (nSPS) is 13.1. The molecule has 1 heterocycles. The molecule has 0 saturated carbocycles. The molecule has 13 nitrogen and oxygen atoms in total. The lowest BCUT2D eigenvalue weighted by molar-refractivity contribution is -0.130. The Morgan fingerprint density at radius 2 is 1.67 bits per heavy atom. The zero-order valence-corrected chi connectivity index (χ0v) is 24.8. The highest BCUT2D eigenvalue weighted by Crippen LogP contribution is 2.24. The van der Waals surface area contributed by atoms with Gasteiger partial charge in [-0.25, -0.2) is 4.99 Å². The topological polar surface area (TPSA) is 234 Å². The molecule has 43 heavy (non-hydrogen) atoms. The summed E-state index contributed by atoms with van der Waals surface area (Å²) in [6.07, 6.45) is 2.74. The van der Waals surface area contributed by atoms with Gasteiger partial charge in [0.1, 0.15) is 23.9 Å². The number of aromatic hydroxyl groups is 1. The number of aryl methyl sites for hydroxylation is 2. The quantitative estimate of drug-likeness (QED) is 0.0706. The van der Waals surface area contributed by atoms with Crippen LogP contribution in [0.4, 0.5) is 0 Å². The number of nitrogens with two attached hydrogens (primary N) is 4. The smallest absolute Gasteiger partial charge is 0.249 e. The minimum atomic E-state index is -1.02. The van der Waals surface area contributed by atoms with Crippen LogP contribution in [0.1, 0.15) is 65.7 Å². The van der Waals surface area contributed by atoms with Crippen molar-refractivity contribution in [3.63, 3.8) is 0 Å². The van der Waals surface area contributed by atoms with Crippen LogP contribution in [0.25, 0.3) is 0 Å². The highest BCUT2D eigenvalue weighted by Gasteiger charge is 2.30. The van der Waals surface area contributed by atoms with Crippen molar-refractivity contribution in [1.29, 1.82) is 0 Å². The van der Waals surface area contributed by atoms with Crippen molar-refractivity contribution >= 4 is 17.8 Å². The number of guanidine groups is 1. The lowest BCUT2D eigenvalue weighted by Crippen LogP contribution is -2.52. The second-order valence-corrected chi connectivity index (χ2v) is 10.5. The number of amides is 2. The van der Waals surface area contributed by atoms with Crippen LogP contribution >= 0.6 is 0 Å². The zero-order valence-electron chi connectivity index (χ0n) is 24.8. The molecule has 0 bridgehead atoms. The monoisotopic (exact) mass is 593 g/mol. The Morgan fingerprint density at radius 1 is 0.977 bits per heavy atom. The summed E-state index contributed by atoms with van der Waals surface area (Å²) in [7, 11) is 0. The maximum absolute atomic E-state index is 13.9. The number of hydrogen-bond donors (Lipinski definition) is 7. The first-order valence-corrected chi connectivity index (χ1v) is 14.4. The van der Waals surface area contributed by atoms with E-state index in [9.17, 15) is 14.7 Å². The van der Waals surface area contributed by atoms with Gasteiger partial charge in [0.2, 0.25) is 17.7 Å². The van der Waals surface area contributed by atoms with E-state index >= 15 is 0 Å². The van der Waals surface area contributed by atoms with Gasteiger partial charge in [-0.3, -0.25) is 9.59 Å². The number of rotatable bonds is 16. The third-order valence-electron chi connectivity index (χ3n) is 7.02. The zero-order chi connectivity index (χ0) is 31.4. The average molecular weight is 594 g/mol. The molecular weight excluding hydrogens is 550 g/mol. The number of nitrogens with zero attached hydrogens (tertiary/aromatic N) is 3. The van der Waals surface area contributed by atoms with E-state index in [1.54, 1.807) is 12.1 Å². The van der Waals surface area contributed by atoms with Crippen LogP contribution in [0.5, 0.6) is 5.75 Å². The second-order valence-electron chi connectivity index (χ2n) is 10.5. The molecule has 0 fully saturated rings. The second kappa shape index (κ2) is 16.2. The van der Waals surface area contributed by atoms with E-state index in [1.807, 2.05) is 44.2 Å². The summed E-state index contributed by atoms with van der Waals surface area (Å²) in [5, 5.41) is 20.0. The summed E-state index contributed by atoms with van der Waals surface area (Å²) in [4.78, 5) is 35.7. The third kappa shape index (κ3) is 10.1. The number of carbonyl (C=O) groups is 2. The van der Waals surface area contributed by atoms with Gasteiger partial charge in [-0.1, -0.05) is 35.5 Å². The standard InChI is InChI=1S/C30H43N9O4/c1-18-14-21(40)15-19(2)22(18)17-25(36-27(41)23(11-13-32)37-30(33)34)28(42)35-24(10-6-7-12-31)29-38-26(39-43-29)16-20-8-4-3-5-9-20/h3-5,8-9,14-15,23-25,40H,6-7,10-13,16-17,31-32H2,1-2H3,(H,35,42)(H,36,41)(H4,33,34,37)/t23-,24-,25+/m1/s1. The summed E-state index contributed by atoms with van der Waals surface area (Å²) in [6.45, 7) is 4.32. The Kier molecular flexibility index (Phi) is 12.5. The summed E-state index contributed by atoms with van der Waals surface area (Å²) < 4.78 is 5.59. The van der Waals surface area contributed by atoms with E-state index in [2.05, 4.69) is 25.8 Å². The third-order valence-corrected chi connectivity index (χ3v) is 7.02. The Morgan fingerprint density at radius 3 is 2.30 bits per heavy atom. The van der Waals surface area contributed by atoms with Crippen LogP contribution in [0.3, 0.4) is 0 Å². The lowest BCUT2D eigenvalue weighted by atomic mass is 9.95. The van der Waals surface area contributed by atoms with Gasteiger partial charge < -0.3 is 43.2 Å². The fraction of sp³-hybridized carbons (Fsp3) is 0.433. The molecule has 3 aromatic rings. The molecule has 0 saturated heterocycles. The number of hydrogen-bond acceptors (Lipinski definition) is 9. The first-order chi connectivity index (χ1) is 20.6. The first kappa shape index (κ1) is 33.0. The van der Waals surface area contributed by atoms with Crippen molar-refractivity contribution in [3.05, 3.63) is 76.4 Å². The number of nitrogens with one attached hydrogen (secondary N) is 2. The largest absolute Gasteiger partial charge is 0.508 e. The van der Waals surface area contributed by atoms with Gasteiger partial charge in [-0.2, -0.15) is 4.98 Å². The number of benzene rings is 2. The molecule has 0 aliphatic carbocycles. The molecule has 0 aliphatic rings. The number of aromatic nitrogens is 2. The molecule has 3 rings (SSSR count). The van der Waals surface area contributed by atoms with Crippen molar-refractivity contribution in [2.45, 2.75) is 70.5 Å². The Hall–Kier alpha value is -4.49. The Bertz CT molecular complexity index is 1350.